The maximum atomic E-state index is 12.6. The zero-order valence-electron chi connectivity index (χ0n) is 16.1. The van der Waals surface area contributed by atoms with E-state index in [1.807, 2.05) is 55.5 Å². The molecule has 3 rings (SSSR count). The molecule has 6 heteroatoms. The van der Waals surface area contributed by atoms with Gasteiger partial charge in [0.1, 0.15) is 0 Å². The summed E-state index contributed by atoms with van der Waals surface area (Å²) < 4.78 is 11.2. The lowest BCUT2D eigenvalue weighted by Gasteiger charge is -2.32. The summed E-state index contributed by atoms with van der Waals surface area (Å²) in [6.45, 7) is 3.41. The van der Waals surface area contributed by atoms with E-state index in [1.54, 1.807) is 11.0 Å². The summed E-state index contributed by atoms with van der Waals surface area (Å²) in [5.41, 5.74) is 0.770. The second kappa shape index (κ2) is 9.78. The van der Waals surface area contributed by atoms with E-state index in [2.05, 4.69) is 5.32 Å². The van der Waals surface area contributed by atoms with Gasteiger partial charge in [-0.25, -0.2) is 0 Å². The molecule has 2 aromatic rings. The van der Waals surface area contributed by atoms with Crippen molar-refractivity contribution in [2.45, 2.75) is 19.8 Å². The SMILES string of the molecule is CCOc1ccccc1OCC(=O)N1CCC[C@H](C(=O)Nc2ccccc2)C1. The van der Waals surface area contributed by atoms with Crippen LogP contribution in [0.4, 0.5) is 5.69 Å². The van der Waals surface area contributed by atoms with Gasteiger partial charge in [-0.05, 0) is 44.0 Å². The van der Waals surface area contributed by atoms with Crippen LogP contribution in [0, 0.1) is 5.92 Å². The lowest BCUT2D eigenvalue weighted by atomic mass is 9.97. The lowest BCUT2D eigenvalue weighted by Crippen LogP contribution is -2.45. The van der Waals surface area contributed by atoms with Crippen LogP contribution < -0.4 is 14.8 Å². The Balaban J connectivity index is 1.53. The molecule has 0 radical (unpaired) electrons. The van der Waals surface area contributed by atoms with Crippen LogP contribution in [0.5, 0.6) is 11.5 Å². The number of piperidine rings is 1. The molecule has 0 aromatic heterocycles. The number of nitrogens with one attached hydrogen (secondary N) is 1. The van der Waals surface area contributed by atoms with Gasteiger partial charge in [-0.15, -0.1) is 0 Å². The predicted molar refractivity (Wildman–Crippen MR) is 107 cm³/mol. The Hall–Kier alpha value is -3.02. The third kappa shape index (κ3) is 5.25. The molecule has 0 bridgehead atoms. The van der Waals surface area contributed by atoms with Crippen molar-refractivity contribution in [2.24, 2.45) is 5.92 Å². The van der Waals surface area contributed by atoms with Crippen LogP contribution in [0.15, 0.2) is 54.6 Å². The Morgan fingerprint density at radius 2 is 1.71 bits per heavy atom. The van der Waals surface area contributed by atoms with Crippen LogP contribution in [0.1, 0.15) is 19.8 Å². The molecule has 0 aliphatic carbocycles. The first kappa shape index (κ1) is 19.7. The van der Waals surface area contributed by atoms with Crippen molar-refractivity contribution in [2.75, 3.05) is 31.6 Å². The van der Waals surface area contributed by atoms with Gasteiger partial charge in [-0.3, -0.25) is 9.59 Å². The Bertz CT molecular complexity index is 794. The molecule has 0 unspecified atom stereocenters. The zero-order valence-corrected chi connectivity index (χ0v) is 16.1. The zero-order chi connectivity index (χ0) is 19.8. The van der Waals surface area contributed by atoms with Gasteiger partial charge in [0.25, 0.3) is 5.91 Å². The van der Waals surface area contributed by atoms with E-state index in [4.69, 9.17) is 9.47 Å². The molecule has 1 aliphatic heterocycles. The summed E-state index contributed by atoms with van der Waals surface area (Å²) >= 11 is 0. The molecule has 2 aromatic carbocycles. The second-order valence-corrected chi connectivity index (χ2v) is 6.70. The van der Waals surface area contributed by atoms with Gasteiger partial charge in [0.2, 0.25) is 5.91 Å². The van der Waals surface area contributed by atoms with Gasteiger partial charge in [0, 0.05) is 18.8 Å². The molecular weight excluding hydrogens is 356 g/mol. The van der Waals surface area contributed by atoms with Crippen molar-refractivity contribution in [1.82, 2.24) is 4.90 Å². The fourth-order valence-electron chi connectivity index (χ4n) is 3.26. The lowest BCUT2D eigenvalue weighted by molar-refractivity contribution is -0.136. The predicted octanol–water partition coefficient (Wildman–Crippen LogP) is 3.34. The molecule has 2 amide bonds. The van der Waals surface area contributed by atoms with Crippen LogP contribution in [0.3, 0.4) is 0 Å². The third-order valence-corrected chi connectivity index (χ3v) is 4.69. The van der Waals surface area contributed by atoms with Gasteiger partial charge in [-0.1, -0.05) is 30.3 Å². The van der Waals surface area contributed by atoms with E-state index >= 15 is 0 Å². The number of ether oxygens (including phenoxy) is 2. The molecular formula is C22H26N2O4. The average Bonchev–Trinajstić information content (AvgIpc) is 2.74. The fraction of sp³-hybridized carbons (Fsp3) is 0.364. The van der Waals surface area contributed by atoms with E-state index in [9.17, 15) is 9.59 Å². The van der Waals surface area contributed by atoms with Crippen molar-refractivity contribution in [3.05, 3.63) is 54.6 Å². The summed E-state index contributed by atoms with van der Waals surface area (Å²) in [7, 11) is 0. The minimum Gasteiger partial charge on any atom is -0.490 e. The normalized spacial score (nSPS) is 16.3. The number of nitrogens with zero attached hydrogens (tertiary/aromatic N) is 1. The first-order chi connectivity index (χ1) is 13.7. The Kier molecular flexibility index (Phi) is 6.89. The number of benzene rings is 2. The topological polar surface area (TPSA) is 67.9 Å². The van der Waals surface area contributed by atoms with Crippen molar-refractivity contribution in [1.29, 1.82) is 0 Å². The Labute approximate surface area is 165 Å². The summed E-state index contributed by atoms with van der Waals surface area (Å²) in [6, 6.07) is 16.7. The number of likely N-dealkylation sites (tertiary alicyclic amines) is 1. The fourth-order valence-corrected chi connectivity index (χ4v) is 3.26. The maximum absolute atomic E-state index is 12.6. The molecule has 28 heavy (non-hydrogen) atoms. The Morgan fingerprint density at radius 3 is 2.43 bits per heavy atom. The highest BCUT2D eigenvalue weighted by Gasteiger charge is 2.28. The molecule has 1 heterocycles. The highest BCUT2D eigenvalue weighted by molar-refractivity contribution is 5.93. The first-order valence-corrected chi connectivity index (χ1v) is 9.65. The minimum atomic E-state index is -0.214. The quantitative estimate of drug-likeness (QED) is 0.798. The van der Waals surface area contributed by atoms with E-state index in [0.29, 0.717) is 31.2 Å². The van der Waals surface area contributed by atoms with Crippen molar-refractivity contribution < 1.29 is 19.1 Å². The van der Waals surface area contributed by atoms with E-state index < -0.39 is 0 Å². The van der Waals surface area contributed by atoms with E-state index in [-0.39, 0.29) is 24.3 Å². The standard InChI is InChI=1S/C22H26N2O4/c1-2-27-19-12-6-7-13-20(19)28-16-21(25)24-14-8-9-17(15-24)22(26)23-18-10-4-3-5-11-18/h3-7,10-13,17H,2,8-9,14-16H2,1H3,(H,23,26)/t17-/m0/s1. The molecule has 1 N–H and O–H groups in total. The van der Waals surface area contributed by atoms with Gasteiger partial charge in [0.15, 0.2) is 18.1 Å². The molecule has 0 spiro atoms. The minimum absolute atomic E-state index is 0.0497. The number of para-hydroxylation sites is 3. The van der Waals surface area contributed by atoms with Crippen LogP contribution >= 0.6 is 0 Å². The number of hydrogen-bond acceptors (Lipinski definition) is 4. The number of amides is 2. The number of carbonyl (C=O) groups is 2. The third-order valence-electron chi connectivity index (χ3n) is 4.69. The number of carbonyl (C=O) groups excluding carboxylic acids is 2. The molecule has 1 aliphatic rings. The second-order valence-electron chi connectivity index (χ2n) is 6.70. The van der Waals surface area contributed by atoms with Crippen molar-refractivity contribution in [3.63, 3.8) is 0 Å². The highest BCUT2D eigenvalue weighted by atomic mass is 16.5. The van der Waals surface area contributed by atoms with E-state index in [1.165, 1.54) is 0 Å². The molecule has 148 valence electrons. The first-order valence-electron chi connectivity index (χ1n) is 9.65. The van der Waals surface area contributed by atoms with E-state index in [0.717, 1.165) is 18.5 Å². The van der Waals surface area contributed by atoms with Gasteiger partial charge in [0.05, 0.1) is 12.5 Å². The highest BCUT2D eigenvalue weighted by Crippen LogP contribution is 2.26. The van der Waals surface area contributed by atoms with Gasteiger partial charge < -0.3 is 19.7 Å². The van der Waals surface area contributed by atoms with Gasteiger partial charge in [-0.2, -0.15) is 0 Å². The summed E-state index contributed by atoms with van der Waals surface area (Å²) in [5, 5.41) is 2.93. The molecule has 1 fully saturated rings. The van der Waals surface area contributed by atoms with Crippen LogP contribution in [0.2, 0.25) is 0 Å². The maximum Gasteiger partial charge on any atom is 0.260 e. The smallest absolute Gasteiger partial charge is 0.260 e. The number of hydrogen-bond donors (Lipinski definition) is 1. The average molecular weight is 382 g/mol. The van der Waals surface area contributed by atoms with Crippen LogP contribution in [0.25, 0.3) is 0 Å². The number of anilines is 1. The molecule has 6 nitrogen and oxygen atoms in total. The van der Waals surface area contributed by atoms with Crippen molar-refractivity contribution in [3.8, 4) is 11.5 Å². The molecule has 1 saturated heterocycles. The molecule has 1 atom stereocenters. The van der Waals surface area contributed by atoms with Gasteiger partial charge >= 0.3 is 0 Å². The summed E-state index contributed by atoms with van der Waals surface area (Å²) in [6.07, 6.45) is 1.57. The van der Waals surface area contributed by atoms with Crippen LogP contribution in [-0.4, -0.2) is 43.0 Å². The monoisotopic (exact) mass is 382 g/mol. The Morgan fingerprint density at radius 1 is 1.04 bits per heavy atom. The summed E-state index contributed by atoms with van der Waals surface area (Å²) in [4.78, 5) is 26.8. The van der Waals surface area contributed by atoms with Crippen LogP contribution in [-0.2, 0) is 9.59 Å². The summed E-state index contributed by atoms with van der Waals surface area (Å²) in [5.74, 6) is 0.785. The molecule has 0 saturated carbocycles. The van der Waals surface area contributed by atoms with Crippen molar-refractivity contribution >= 4 is 17.5 Å². The largest absolute Gasteiger partial charge is 0.490 e. The number of rotatable bonds is 7.